The summed E-state index contributed by atoms with van der Waals surface area (Å²) in [5.74, 6) is 0. The van der Waals surface area contributed by atoms with Crippen molar-refractivity contribution < 1.29 is 19.2 Å². The summed E-state index contributed by atoms with van der Waals surface area (Å²) in [6, 6.07) is 24.1. The van der Waals surface area contributed by atoms with Crippen molar-refractivity contribution in [2.24, 2.45) is 0 Å². The van der Waals surface area contributed by atoms with Gasteiger partial charge in [-0.05, 0) is 36.4 Å². The maximum Gasteiger partial charge on any atom is 0.177 e. The number of nitrogen functional groups attached to an aromatic ring is 3. The standard InChI is InChI=1S/3C8H12NS.H3O4P/c3*1-10(2)8-6-4-3-5-7(8)9;1-5(2,3)4/h3*3-6H,9H2,1-2H3;(H3,1,2,3,4)/q3*+1;/p-3. The molecule has 0 heterocycles. The predicted molar refractivity (Wildman–Crippen MR) is 153 cm³/mol. The van der Waals surface area contributed by atoms with E-state index in [1.807, 2.05) is 54.6 Å². The topological polar surface area (TPSA) is 164 Å². The third-order valence-electron chi connectivity index (χ3n) is 4.08. The summed E-state index contributed by atoms with van der Waals surface area (Å²) < 4.78 is 8.55. The highest BCUT2D eigenvalue weighted by molar-refractivity contribution is 7.96. The second-order valence-corrected chi connectivity index (χ2v) is 14.6. The van der Waals surface area contributed by atoms with Crippen molar-refractivity contribution >= 4 is 57.6 Å². The lowest BCUT2D eigenvalue weighted by Crippen LogP contribution is -2.24. The van der Waals surface area contributed by atoms with Crippen LogP contribution < -0.4 is 31.9 Å². The van der Waals surface area contributed by atoms with E-state index in [9.17, 15) is 0 Å². The molecule has 0 bridgehead atoms. The zero-order valence-electron chi connectivity index (χ0n) is 21.0. The zero-order chi connectivity index (χ0) is 27.2. The molecule has 0 aliphatic heterocycles. The van der Waals surface area contributed by atoms with Crippen LogP contribution in [0, 0.1) is 0 Å². The van der Waals surface area contributed by atoms with E-state index in [1.165, 1.54) is 14.7 Å². The molecule has 35 heavy (non-hydrogen) atoms. The third kappa shape index (κ3) is 15.8. The van der Waals surface area contributed by atoms with Crippen LogP contribution >= 0.6 is 7.82 Å². The molecule has 3 rings (SSSR count). The van der Waals surface area contributed by atoms with Gasteiger partial charge in [0.1, 0.15) is 37.5 Å². The molecule has 0 aromatic heterocycles. The monoisotopic (exact) mass is 557 g/mol. The second-order valence-electron chi connectivity index (χ2n) is 7.51. The quantitative estimate of drug-likeness (QED) is 0.250. The van der Waals surface area contributed by atoms with Crippen LogP contribution in [0.2, 0.25) is 0 Å². The molecular weight excluding hydrogens is 521 g/mol. The number of rotatable bonds is 3. The Morgan fingerprint density at radius 3 is 0.800 bits per heavy atom. The van der Waals surface area contributed by atoms with Gasteiger partial charge in [0.2, 0.25) is 0 Å². The highest BCUT2D eigenvalue weighted by Gasteiger charge is 2.11. The number of para-hydroxylation sites is 3. The minimum Gasteiger partial charge on any atom is -0.822 e. The molecule has 0 aliphatic carbocycles. The molecule has 0 unspecified atom stereocenters. The van der Waals surface area contributed by atoms with Gasteiger partial charge in [0.15, 0.2) is 14.7 Å². The first-order valence-electron chi connectivity index (χ1n) is 10.1. The Hall–Kier alpha value is -1.78. The second kappa shape index (κ2) is 16.8. The highest BCUT2D eigenvalue weighted by atomic mass is 32.2. The fourth-order valence-corrected chi connectivity index (χ4v) is 5.23. The molecule has 0 atom stereocenters. The number of benzene rings is 3. The van der Waals surface area contributed by atoms with Crippen LogP contribution in [0.4, 0.5) is 17.1 Å². The van der Waals surface area contributed by atoms with Crippen molar-refractivity contribution in [3.63, 3.8) is 0 Å². The van der Waals surface area contributed by atoms with Gasteiger partial charge < -0.3 is 36.4 Å². The Labute approximate surface area is 218 Å². The largest absolute Gasteiger partial charge is 0.822 e. The van der Waals surface area contributed by atoms with Gasteiger partial charge in [0, 0.05) is 32.7 Å². The zero-order valence-corrected chi connectivity index (χ0v) is 24.3. The van der Waals surface area contributed by atoms with E-state index in [0.29, 0.717) is 0 Å². The third-order valence-corrected chi connectivity index (χ3v) is 7.83. The van der Waals surface area contributed by atoms with E-state index < -0.39 is 7.82 Å². The Balaban J connectivity index is 0.000000453. The highest BCUT2D eigenvalue weighted by Crippen LogP contribution is 2.18. The van der Waals surface area contributed by atoms with Crippen LogP contribution in [0.15, 0.2) is 87.5 Å². The Bertz CT molecular complexity index is 937. The first kappa shape index (κ1) is 33.2. The molecular formula is C24H36N3O4PS3. The lowest BCUT2D eigenvalue weighted by atomic mass is 10.3. The van der Waals surface area contributed by atoms with Crippen molar-refractivity contribution in [2.45, 2.75) is 14.7 Å². The van der Waals surface area contributed by atoms with E-state index >= 15 is 0 Å². The lowest BCUT2D eigenvalue weighted by molar-refractivity contribution is -0.432. The van der Waals surface area contributed by atoms with E-state index in [4.69, 9.17) is 36.4 Å². The maximum atomic E-state index is 8.55. The summed E-state index contributed by atoms with van der Waals surface area (Å²) in [5.41, 5.74) is 19.9. The smallest absolute Gasteiger partial charge is 0.177 e. The molecule has 0 saturated carbocycles. The van der Waals surface area contributed by atoms with E-state index in [0.717, 1.165) is 17.1 Å². The summed E-state index contributed by atoms with van der Waals surface area (Å²) in [6.07, 6.45) is 13.0. The Morgan fingerprint density at radius 2 is 0.686 bits per heavy atom. The first-order chi connectivity index (χ1) is 16.1. The van der Waals surface area contributed by atoms with Gasteiger partial charge >= 0.3 is 0 Å². The van der Waals surface area contributed by atoms with Crippen LogP contribution in [-0.2, 0) is 37.2 Å². The average Bonchev–Trinajstić information content (AvgIpc) is 2.74. The van der Waals surface area contributed by atoms with Crippen molar-refractivity contribution in [3.8, 4) is 0 Å². The maximum absolute atomic E-state index is 8.55. The fourth-order valence-electron chi connectivity index (χ4n) is 2.56. The van der Waals surface area contributed by atoms with Gasteiger partial charge in [-0.25, -0.2) is 0 Å². The van der Waals surface area contributed by atoms with Crippen LogP contribution in [0.3, 0.4) is 0 Å². The van der Waals surface area contributed by atoms with E-state index in [2.05, 4.69) is 55.7 Å². The molecule has 6 N–H and O–H groups in total. The molecule has 3 aromatic carbocycles. The summed E-state index contributed by atoms with van der Waals surface area (Å²) in [6.45, 7) is 0. The molecule has 11 heteroatoms. The van der Waals surface area contributed by atoms with Crippen LogP contribution in [-0.4, -0.2) is 37.5 Å². The SMILES string of the molecule is C[S+](C)c1ccccc1N.C[S+](C)c1ccccc1N.C[S+](C)c1ccccc1N.O=P([O-])([O-])[O-]. The minimum atomic E-state index is -5.39. The molecule has 0 radical (unpaired) electrons. The van der Waals surface area contributed by atoms with E-state index in [1.54, 1.807) is 0 Å². The molecule has 0 amide bonds. The average molecular weight is 558 g/mol. The van der Waals surface area contributed by atoms with Crippen molar-refractivity contribution in [1.29, 1.82) is 0 Å². The Morgan fingerprint density at radius 1 is 0.514 bits per heavy atom. The molecule has 0 saturated heterocycles. The molecule has 3 aromatic rings. The molecule has 194 valence electrons. The molecule has 0 fully saturated rings. The molecule has 0 aliphatic rings. The van der Waals surface area contributed by atoms with Crippen LogP contribution in [0.25, 0.3) is 0 Å². The van der Waals surface area contributed by atoms with Gasteiger partial charge in [0.05, 0.1) is 17.1 Å². The number of phosphoric acid groups is 1. The molecule has 0 spiro atoms. The van der Waals surface area contributed by atoms with Gasteiger partial charge in [-0.3, -0.25) is 0 Å². The first-order valence-corrected chi connectivity index (χ1v) is 17.7. The van der Waals surface area contributed by atoms with Crippen LogP contribution in [0.5, 0.6) is 0 Å². The number of hydrogen-bond acceptors (Lipinski definition) is 7. The van der Waals surface area contributed by atoms with Gasteiger partial charge in [0.25, 0.3) is 0 Å². The van der Waals surface area contributed by atoms with E-state index in [-0.39, 0.29) is 32.7 Å². The van der Waals surface area contributed by atoms with Crippen molar-refractivity contribution in [1.82, 2.24) is 0 Å². The number of nitrogens with two attached hydrogens (primary N) is 3. The fraction of sp³-hybridized carbons (Fsp3) is 0.250. The summed E-state index contributed by atoms with van der Waals surface area (Å²) in [4.78, 5) is 29.4. The van der Waals surface area contributed by atoms with Crippen molar-refractivity contribution in [2.75, 3.05) is 54.7 Å². The lowest BCUT2D eigenvalue weighted by Gasteiger charge is -2.36. The number of anilines is 3. The normalized spacial score (nSPS) is 10.5. The van der Waals surface area contributed by atoms with Crippen LogP contribution in [0.1, 0.15) is 0 Å². The van der Waals surface area contributed by atoms with Gasteiger partial charge in [-0.2, -0.15) is 7.82 Å². The Kier molecular flexibility index (Phi) is 16.0. The van der Waals surface area contributed by atoms with Gasteiger partial charge in [-0.15, -0.1) is 0 Å². The van der Waals surface area contributed by atoms with Crippen molar-refractivity contribution in [3.05, 3.63) is 72.8 Å². The minimum absolute atomic E-state index is 0.284. The summed E-state index contributed by atoms with van der Waals surface area (Å²) >= 11 is 0. The number of hydrogen-bond donors (Lipinski definition) is 3. The van der Waals surface area contributed by atoms with Gasteiger partial charge in [-0.1, -0.05) is 36.4 Å². The molecule has 7 nitrogen and oxygen atoms in total. The summed E-state index contributed by atoms with van der Waals surface area (Å²) in [7, 11) is -4.54. The predicted octanol–water partition coefficient (Wildman–Crippen LogP) is 1.69. The summed E-state index contributed by atoms with van der Waals surface area (Å²) in [5, 5.41) is 0.